The highest BCUT2D eigenvalue weighted by atomic mass is 32.1. The third-order valence-corrected chi connectivity index (χ3v) is 4.31. The Balaban J connectivity index is 2.34. The van der Waals surface area contributed by atoms with Crippen LogP contribution in [0.15, 0.2) is 11.7 Å². The summed E-state index contributed by atoms with van der Waals surface area (Å²) in [5, 5.41) is 3.55. The maximum atomic E-state index is 4.08. The SMILES string of the molecule is CCC(CC)(CC)CNCc1cncs1. The molecule has 0 saturated heterocycles. The summed E-state index contributed by atoms with van der Waals surface area (Å²) < 4.78 is 0. The van der Waals surface area contributed by atoms with Gasteiger partial charge in [0.2, 0.25) is 0 Å². The molecule has 0 radical (unpaired) electrons. The molecule has 1 aromatic heterocycles. The molecule has 0 unspecified atom stereocenters. The molecule has 0 aromatic carbocycles. The van der Waals surface area contributed by atoms with Crippen molar-refractivity contribution in [2.45, 2.75) is 46.6 Å². The van der Waals surface area contributed by atoms with Gasteiger partial charge >= 0.3 is 0 Å². The molecule has 0 fully saturated rings. The summed E-state index contributed by atoms with van der Waals surface area (Å²) in [5.41, 5.74) is 2.38. The first-order chi connectivity index (χ1) is 7.26. The zero-order chi connectivity index (χ0) is 11.1. The minimum absolute atomic E-state index is 0.491. The van der Waals surface area contributed by atoms with Gasteiger partial charge in [0, 0.05) is 24.2 Å². The van der Waals surface area contributed by atoms with Gasteiger partial charge in [0.25, 0.3) is 0 Å². The largest absolute Gasteiger partial charge is 0.311 e. The van der Waals surface area contributed by atoms with Gasteiger partial charge in [0.1, 0.15) is 0 Å². The summed E-state index contributed by atoms with van der Waals surface area (Å²) in [6, 6.07) is 0. The van der Waals surface area contributed by atoms with Crippen molar-refractivity contribution in [2.24, 2.45) is 5.41 Å². The fourth-order valence-corrected chi connectivity index (χ4v) is 2.47. The third kappa shape index (κ3) is 3.58. The van der Waals surface area contributed by atoms with Gasteiger partial charge < -0.3 is 5.32 Å². The van der Waals surface area contributed by atoms with E-state index in [0.717, 1.165) is 13.1 Å². The van der Waals surface area contributed by atoms with E-state index in [4.69, 9.17) is 0 Å². The van der Waals surface area contributed by atoms with Crippen LogP contribution in [0, 0.1) is 5.41 Å². The Hall–Kier alpha value is -0.410. The van der Waals surface area contributed by atoms with Gasteiger partial charge in [-0.15, -0.1) is 11.3 Å². The fourth-order valence-electron chi connectivity index (χ4n) is 1.91. The summed E-state index contributed by atoms with van der Waals surface area (Å²) in [6.45, 7) is 8.96. The van der Waals surface area contributed by atoms with Crippen LogP contribution in [-0.4, -0.2) is 11.5 Å². The number of rotatable bonds is 7. The molecule has 2 nitrogen and oxygen atoms in total. The van der Waals surface area contributed by atoms with Crippen molar-refractivity contribution >= 4 is 11.3 Å². The Morgan fingerprint density at radius 3 is 2.40 bits per heavy atom. The molecule has 0 aliphatic heterocycles. The fraction of sp³-hybridized carbons (Fsp3) is 0.750. The van der Waals surface area contributed by atoms with Crippen LogP contribution in [0.5, 0.6) is 0 Å². The zero-order valence-electron chi connectivity index (χ0n) is 10.0. The smallest absolute Gasteiger partial charge is 0.0794 e. The maximum absolute atomic E-state index is 4.08. The second-order valence-corrected chi connectivity index (χ2v) is 5.10. The number of nitrogens with zero attached hydrogens (tertiary/aromatic N) is 1. The van der Waals surface area contributed by atoms with E-state index in [1.165, 1.54) is 24.1 Å². The Morgan fingerprint density at radius 2 is 1.93 bits per heavy atom. The molecule has 0 amide bonds. The van der Waals surface area contributed by atoms with Crippen LogP contribution >= 0.6 is 11.3 Å². The van der Waals surface area contributed by atoms with Gasteiger partial charge in [0.05, 0.1) is 5.51 Å². The van der Waals surface area contributed by atoms with E-state index in [9.17, 15) is 0 Å². The number of hydrogen-bond acceptors (Lipinski definition) is 3. The standard InChI is InChI=1S/C12H22N2S/c1-4-12(5-2,6-3)9-13-7-11-8-14-10-15-11/h8,10,13H,4-7,9H2,1-3H3. The lowest BCUT2D eigenvalue weighted by atomic mass is 9.80. The Kier molecular flexibility index (Phi) is 5.26. The highest BCUT2D eigenvalue weighted by Crippen LogP contribution is 2.29. The molecular weight excluding hydrogens is 204 g/mol. The molecular formula is C12H22N2S. The highest BCUT2D eigenvalue weighted by molar-refractivity contribution is 7.09. The van der Waals surface area contributed by atoms with Crippen LogP contribution in [-0.2, 0) is 6.54 Å². The van der Waals surface area contributed by atoms with Crippen molar-refractivity contribution < 1.29 is 0 Å². The van der Waals surface area contributed by atoms with Crippen molar-refractivity contribution in [3.8, 4) is 0 Å². The lowest BCUT2D eigenvalue weighted by Gasteiger charge is -2.30. The van der Waals surface area contributed by atoms with E-state index in [1.807, 2.05) is 11.7 Å². The van der Waals surface area contributed by atoms with Crippen molar-refractivity contribution in [1.82, 2.24) is 10.3 Å². The molecule has 0 bridgehead atoms. The molecule has 86 valence electrons. The third-order valence-electron chi connectivity index (χ3n) is 3.53. The van der Waals surface area contributed by atoms with E-state index in [2.05, 4.69) is 31.1 Å². The van der Waals surface area contributed by atoms with Gasteiger partial charge in [-0.3, -0.25) is 4.98 Å². The molecule has 0 aliphatic carbocycles. The quantitative estimate of drug-likeness (QED) is 0.770. The molecule has 1 aromatic rings. The minimum Gasteiger partial charge on any atom is -0.311 e. The van der Waals surface area contributed by atoms with Gasteiger partial charge in [-0.05, 0) is 24.7 Å². The van der Waals surface area contributed by atoms with Crippen LogP contribution in [0.4, 0.5) is 0 Å². The molecule has 1 heterocycles. The molecule has 15 heavy (non-hydrogen) atoms. The number of nitrogens with one attached hydrogen (secondary N) is 1. The summed E-state index contributed by atoms with van der Waals surface area (Å²) in [6.07, 6.45) is 5.73. The van der Waals surface area contributed by atoms with E-state index in [0.29, 0.717) is 5.41 Å². The van der Waals surface area contributed by atoms with Crippen LogP contribution in [0.25, 0.3) is 0 Å². The monoisotopic (exact) mass is 226 g/mol. The molecule has 1 N–H and O–H groups in total. The molecule has 1 rings (SSSR count). The normalized spacial score (nSPS) is 11.9. The number of aromatic nitrogens is 1. The highest BCUT2D eigenvalue weighted by Gasteiger charge is 2.22. The topological polar surface area (TPSA) is 24.9 Å². The number of hydrogen-bond donors (Lipinski definition) is 1. The molecule has 0 spiro atoms. The van der Waals surface area contributed by atoms with E-state index in [-0.39, 0.29) is 0 Å². The van der Waals surface area contributed by atoms with Crippen LogP contribution in [0.2, 0.25) is 0 Å². The van der Waals surface area contributed by atoms with Crippen LogP contribution in [0.3, 0.4) is 0 Å². The summed E-state index contributed by atoms with van der Waals surface area (Å²) in [5.74, 6) is 0. The summed E-state index contributed by atoms with van der Waals surface area (Å²) in [4.78, 5) is 5.40. The number of thiazole rings is 1. The van der Waals surface area contributed by atoms with E-state index in [1.54, 1.807) is 11.3 Å². The Morgan fingerprint density at radius 1 is 1.27 bits per heavy atom. The van der Waals surface area contributed by atoms with E-state index < -0.39 is 0 Å². The predicted octanol–water partition coefficient (Wildman–Crippen LogP) is 3.45. The van der Waals surface area contributed by atoms with Crippen molar-refractivity contribution in [3.05, 3.63) is 16.6 Å². The second kappa shape index (κ2) is 6.23. The second-order valence-electron chi connectivity index (χ2n) is 4.13. The summed E-state index contributed by atoms with van der Waals surface area (Å²) >= 11 is 1.72. The average molecular weight is 226 g/mol. The summed E-state index contributed by atoms with van der Waals surface area (Å²) in [7, 11) is 0. The van der Waals surface area contributed by atoms with Crippen LogP contribution < -0.4 is 5.32 Å². The van der Waals surface area contributed by atoms with Gasteiger partial charge in [-0.1, -0.05) is 20.8 Å². The van der Waals surface area contributed by atoms with Crippen molar-refractivity contribution in [1.29, 1.82) is 0 Å². The predicted molar refractivity (Wildman–Crippen MR) is 67.1 cm³/mol. The van der Waals surface area contributed by atoms with Crippen molar-refractivity contribution in [3.63, 3.8) is 0 Å². The lowest BCUT2D eigenvalue weighted by Crippen LogP contribution is -2.32. The van der Waals surface area contributed by atoms with Crippen LogP contribution in [0.1, 0.15) is 44.9 Å². The minimum atomic E-state index is 0.491. The molecule has 0 atom stereocenters. The average Bonchev–Trinajstić information content (AvgIpc) is 2.78. The molecule has 0 aliphatic rings. The van der Waals surface area contributed by atoms with Gasteiger partial charge in [-0.2, -0.15) is 0 Å². The first-order valence-electron chi connectivity index (χ1n) is 5.84. The maximum Gasteiger partial charge on any atom is 0.0794 e. The Labute approximate surface area is 97.1 Å². The first kappa shape index (κ1) is 12.7. The first-order valence-corrected chi connectivity index (χ1v) is 6.72. The lowest BCUT2D eigenvalue weighted by molar-refractivity contribution is 0.238. The van der Waals surface area contributed by atoms with Crippen molar-refractivity contribution in [2.75, 3.05) is 6.54 Å². The van der Waals surface area contributed by atoms with Gasteiger partial charge in [-0.25, -0.2) is 0 Å². The Bertz CT molecular complexity index is 244. The zero-order valence-corrected chi connectivity index (χ0v) is 10.9. The van der Waals surface area contributed by atoms with Gasteiger partial charge in [0.15, 0.2) is 0 Å². The molecule has 0 saturated carbocycles. The van der Waals surface area contributed by atoms with E-state index >= 15 is 0 Å². The molecule has 3 heteroatoms.